The minimum absolute atomic E-state index is 0.00920. The number of nitrogens with one attached hydrogen (secondary N) is 2. The predicted octanol–water partition coefficient (Wildman–Crippen LogP) is 4.34. The van der Waals surface area contributed by atoms with Crippen molar-refractivity contribution in [2.75, 3.05) is 5.32 Å². The van der Waals surface area contributed by atoms with E-state index in [9.17, 15) is 17.6 Å². The molecule has 0 aromatic heterocycles. The average Bonchev–Trinajstić information content (AvgIpc) is 2.84. The molecule has 0 spiro atoms. The number of hydrogen-bond acceptors (Lipinski definition) is 4. The number of primary sulfonamides is 1. The van der Waals surface area contributed by atoms with Crippen LogP contribution in [0.5, 0.6) is 0 Å². The Morgan fingerprint density at radius 3 is 2.06 bits per heavy atom. The maximum atomic E-state index is 14.0. The minimum Gasteiger partial charge on any atom is -0.384 e. The molecule has 7 nitrogen and oxygen atoms in total. The summed E-state index contributed by atoms with van der Waals surface area (Å²) in [4.78, 5) is 13.1. The third-order valence-corrected chi connectivity index (χ3v) is 6.36. The Balaban J connectivity index is 1.62. The van der Waals surface area contributed by atoms with Crippen LogP contribution in [0.3, 0.4) is 0 Å². The maximum Gasteiger partial charge on any atom is 0.256 e. The van der Waals surface area contributed by atoms with Gasteiger partial charge in [0.1, 0.15) is 11.7 Å². The highest BCUT2D eigenvalue weighted by Crippen LogP contribution is 2.29. The van der Waals surface area contributed by atoms with Gasteiger partial charge in [0.25, 0.3) is 5.91 Å². The van der Waals surface area contributed by atoms with E-state index in [0.29, 0.717) is 33.5 Å². The number of carbonyl (C=O) groups excluding carboxylic acids is 1. The zero-order valence-electron chi connectivity index (χ0n) is 18.3. The molecule has 0 atom stereocenters. The first-order valence-corrected chi connectivity index (χ1v) is 12.0. The first-order chi connectivity index (χ1) is 16.6. The van der Waals surface area contributed by atoms with Gasteiger partial charge in [0.15, 0.2) is 0 Å². The van der Waals surface area contributed by atoms with E-state index < -0.39 is 27.6 Å². The van der Waals surface area contributed by atoms with Gasteiger partial charge in [0, 0.05) is 16.8 Å². The zero-order valence-corrected chi connectivity index (χ0v) is 19.1. The largest absolute Gasteiger partial charge is 0.384 e. The molecule has 0 heterocycles. The van der Waals surface area contributed by atoms with Crippen LogP contribution in [0.25, 0.3) is 22.3 Å². The highest BCUT2D eigenvalue weighted by Gasteiger charge is 2.17. The zero-order chi connectivity index (χ0) is 25.2. The van der Waals surface area contributed by atoms with E-state index in [-0.39, 0.29) is 10.5 Å². The number of amides is 1. The van der Waals surface area contributed by atoms with Gasteiger partial charge in [-0.25, -0.2) is 17.9 Å². The number of sulfonamides is 1. The lowest BCUT2D eigenvalue weighted by atomic mass is 9.97. The summed E-state index contributed by atoms with van der Waals surface area (Å²) in [6.45, 7) is 0. The lowest BCUT2D eigenvalue weighted by molar-refractivity contribution is 0.102. The lowest BCUT2D eigenvalue weighted by Gasteiger charge is -2.13. The molecular formula is C26H21FN4O3S. The van der Waals surface area contributed by atoms with Crippen LogP contribution in [0, 0.1) is 11.2 Å². The molecule has 35 heavy (non-hydrogen) atoms. The molecule has 0 aliphatic rings. The van der Waals surface area contributed by atoms with Crippen LogP contribution < -0.4 is 16.2 Å². The van der Waals surface area contributed by atoms with Crippen LogP contribution in [0.1, 0.15) is 15.9 Å². The second-order valence-corrected chi connectivity index (χ2v) is 9.26. The molecule has 0 aliphatic heterocycles. The standard InChI is InChI=1S/C26H21FN4O3S/c27-23-14-11-17(15-22(23)25(28)29)19-5-1-2-7-21(19)26(32)31-18-12-9-16(10-13-18)20-6-3-4-8-24(20)35(30,33)34/h1-15H,(H3,28,29)(H,31,32)(H2,30,33,34). The summed E-state index contributed by atoms with van der Waals surface area (Å²) < 4.78 is 37.8. The van der Waals surface area contributed by atoms with Gasteiger partial charge in [-0.3, -0.25) is 10.2 Å². The molecule has 176 valence electrons. The molecule has 4 aromatic rings. The van der Waals surface area contributed by atoms with E-state index in [1.54, 1.807) is 66.7 Å². The first kappa shape index (κ1) is 23.8. The Bertz CT molecular complexity index is 1550. The molecule has 6 N–H and O–H groups in total. The van der Waals surface area contributed by atoms with E-state index in [4.69, 9.17) is 16.3 Å². The third-order valence-electron chi connectivity index (χ3n) is 5.39. The third kappa shape index (κ3) is 5.11. The molecular weight excluding hydrogens is 467 g/mol. The highest BCUT2D eigenvalue weighted by atomic mass is 32.2. The second-order valence-electron chi connectivity index (χ2n) is 7.73. The van der Waals surface area contributed by atoms with E-state index in [1.165, 1.54) is 24.3 Å². The lowest BCUT2D eigenvalue weighted by Crippen LogP contribution is -2.15. The van der Waals surface area contributed by atoms with Crippen molar-refractivity contribution >= 4 is 27.5 Å². The fourth-order valence-electron chi connectivity index (χ4n) is 3.72. The summed E-state index contributed by atoms with van der Waals surface area (Å²) in [5, 5.41) is 15.7. The average molecular weight is 489 g/mol. The number of nitrogen functional groups attached to an aromatic ring is 1. The fraction of sp³-hybridized carbons (Fsp3) is 0. The smallest absolute Gasteiger partial charge is 0.256 e. The van der Waals surface area contributed by atoms with E-state index in [0.717, 1.165) is 0 Å². The number of carbonyl (C=O) groups is 1. The topological polar surface area (TPSA) is 139 Å². The summed E-state index contributed by atoms with van der Waals surface area (Å²) in [7, 11) is -3.90. The van der Waals surface area contributed by atoms with Gasteiger partial charge in [-0.1, -0.05) is 54.6 Å². The Hall–Kier alpha value is -4.34. The number of nitrogens with two attached hydrogens (primary N) is 2. The van der Waals surface area contributed by atoms with Crippen LogP contribution in [-0.2, 0) is 10.0 Å². The van der Waals surface area contributed by atoms with Crippen molar-refractivity contribution in [1.29, 1.82) is 5.41 Å². The fourth-order valence-corrected chi connectivity index (χ4v) is 4.48. The molecule has 0 fully saturated rings. The number of benzene rings is 4. The van der Waals surface area contributed by atoms with Crippen molar-refractivity contribution in [2.45, 2.75) is 4.90 Å². The summed E-state index contributed by atoms with van der Waals surface area (Å²) in [5.41, 5.74) is 8.42. The van der Waals surface area contributed by atoms with Crippen molar-refractivity contribution in [3.05, 3.63) is 108 Å². The van der Waals surface area contributed by atoms with Crippen molar-refractivity contribution in [1.82, 2.24) is 0 Å². The molecule has 0 saturated heterocycles. The Morgan fingerprint density at radius 2 is 1.40 bits per heavy atom. The van der Waals surface area contributed by atoms with E-state index >= 15 is 0 Å². The molecule has 9 heteroatoms. The Kier molecular flexibility index (Phi) is 6.46. The number of amidine groups is 1. The van der Waals surface area contributed by atoms with Gasteiger partial charge in [-0.15, -0.1) is 0 Å². The normalized spacial score (nSPS) is 11.1. The molecule has 0 bridgehead atoms. The van der Waals surface area contributed by atoms with Gasteiger partial charge < -0.3 is 11.1 Å². The van der Waals surface area contributed by atoms with E-state index in [2.05, 4.69) is 5.32 Å². The number of anilines is 1. The van der Waals surface area contributed by atoms with Crippen LogP contribution in [0.15, 0.2) is 95.9 Å². The van der Waals surface area contributed by atoms with Crippen LogP contribution >= 0.6 is 0 Å². The van der Waals surface area contributed by atoms with Crippen molar-refractivity contribution < 1.29 is 17.6 Å². The molecule has 4 aromatic carbocycles. The van der Waals surface area contributed by atoms with Gasteiger partial charge in [-0.05, 0) is 53.1 Å². The number of halogens is 1. The minimum atomic E-state index is -3.90. The maximum absolute atomic E-state index is 14.0. The van der Waals surface area contributed by atoms with Crippen molar-refractivity contribution in [2.24, 2.45) is 10.9 Å². The van der Waals surface area contributed by atoms with Gasteiger partial charge in [0.2, 0.25) is 10.0 Å². The number of rotatable bonds is 6. The van der Waals surface area contributed by atoms with Crippen molar-refractivity contribution in [3.63, 3.8) is 0 Å². The quantitative estimate of drug-likeness (QED) is 0.237. The summed E-state index contributed by atoms with van der Waals surface area (Å²) in [5.74, 6) is -1.42. The van der Waals surface area contributed by atoms with E-state index in [1.807, 2.05) is 0 Å². The molecule has 1 amide bonds. The second kappa shape index (κ2) is 9.49. The van der Waals surface area contributed by atoms with Crippen LogP contribution in [-0.4, -0.2) is 20.2 Å². The summed E-state index contributed by atoms with van der Waals surface area (Å²) in [6.07, 6.45) is 0. The first-order valence-electron chi connectivity index (χ1n) is 10.4. The van der Waals surface area contributed by atoms with Gasteiger partial charge >= 0.3 is 0 Å². The summed E-state index contributed by atoms with van der Waals surface area (Å²) >= 11 is 0. The Morgan fingerprint density at radius 1 is 0.800 bits per heavy atom. The van der Waals surface area contributed by atoms with Gasteiger partial charge in [-0.2, -0.15) is 0 Å². The molecule has 4 rings (SSSR count). The molecule has 0 aliphatic carbocycles. The van der Waals surface area contributed by atoms with Gasteiger partial charge in [0.05, 0.1) is 10.5 Å². The van der Waals surface area contributed by atoms with Crippen LogP contribution in [0.2, 0.25) is 0 Å². The Labute approximate surface area is 201 Å². The molecule has 0 unspecified atom stereocenters. The molecule has 0 saturated carbocycles. The highest BCUT2D eigenvalue weighted by molar-refractivity contribution is 7.89. The van der Waals surface area contributed by atoms with Crippen molar-refractivity contribution in [3.8, 4) is 22.3 Å². The summed E-state index contributed by atoms with van der Waals surface area (Å²) in [6, 6.07) is 24.1. The number of hydrogen-bond donors (Lipinski definition) is 4. The molecule has 0 radical (unpaired) electrons. The SMILES string of the molecule is N=C(N)c1cc(-c2ccccc2C(=O)Nc2ccc(-c3ccccc3S(N)(=O)=O)cc2)ccc1F. The van der Waals surface area contributed by atoms with Crippen LogP contribution in [0.4, 0.5) is 10.1 Å². The predicted molar refractivity (Wildman–Crippen MR) is 134 cm³/mol. The monoisotopic (exact) mass is 488 g/mol.